The fourth-order valence-electron chi connectivity index (χ4n) is 0.998. The minimum atomic E-state index is -1.00. The Hall–Kier alpha value is -1.63. The van der Waals surface area contributed by atoms with E-state index in [9.17, 15) is 14.4 Å². The Morgan fingerprint density at radius 1 is 1.00 bits per heavy atom. The molecule has 4 N–H and O–H groups in total. The molecule has 0 aromatic heterocycles. The van der Waals surface area contributed by atoms with Gasteiger partial charge in [-0.1, -0.05) is 0 Å². The highest BCUT2D eigenvalue weighted by Crippen LogP contribution is 1.94. The van der Waals surface area contributed by atoms with Crippen LogP contribution in [-0.4, -0.2) is 52.6 Å². The van der Waals surface area contributed by atoms with Crippen LogP contribution >= 0.6 is 0 Å². The molecule has 0 rings (SSSR count). The summed E-state index contributed by atoms with van der Waals surface area (Å²) in [5.74, 6) is -2.61. The zero-order valence-corrected chi connectivity index (χ0v) is 8.18. The Balaban J connectivity index is 3.99. The van der Waals surface area contributed by atoms with E-state index in [0.29, 0.717) is 0 Å². The lowest BCUT2D eigenvalue weighted by Crippen LogP contribution is -2.36. The van der Waals surface area contributed by atoms with Crippen molar-refractivity contribution in [1.82, 2.24) is 4.90 Å². The van der Waals surface area contributed by atoms with Crippen LogP contribution in [0.4, 0.5) is 0 Å². The molecule has 0 aliphatic rings. The van der Waals surface area contributed by atoms with E-state index >= 15 is 0 Å². The SMILES string of the molecule is NC(=O)CN(CCC(=O)O)CCC(=O)O. The predicted molar refractivity (Wildman–Crippen MR) is 50.1 cm³/mol. The minimum Gasteiger partial charge on any atom is -0.481 e. The van der Waals surface area contributed by atoms with Gasteiger partial charge in [-0.25, -0.2) is 0 Å². The summed E-state index contributed by atoms with van der Waals surface area (Å²) in [7, 11) is 0. The Bertz CT molecular complexity index is 235. The van der Waals surface area contributed by atoms with Crippen molar-refractivity contribution in [3.8, 4) is 0 Å². The molecule has 0 saturated carbocycles. The molecule has 7 nitrogen and oxygen atoms in total. The monoisotopic (exact) mass is 218 g/mol. The second kappa shape index (κ2) is 6.77. The first-order chi connectivity index (χ1) is 6.91. The summed E-state index contributed by atoms with van der Waals surface area (Å²) in [6.45, 7) is 0.109. The lowest BCUT2D eigenvalue weighted by Gasteiger charge is -2.18. The van der Waals surface area contributed by atoms with Crippen LogP contribution in [0.2, 0.25) is 0 Å². The quantitative estimate of drug-likeness (QED) is 0.466. The largest absolute Gasteiger partial charge is 0.481 e. The van der Waals surface area contributed by atoms with Gasteiger partial charge >= 0.3 is 11.9 Å². The number of aliphatic carboxylic acids is 2. The predicted octanol–water partition coefficient (Wildman–Crippen LogP) is -1.28. The van der Waals surface area contributed by atoms with Gasteiger partial charge in [0.05, 0.1) is 19.4 Å². The van der Waals surface area contributed by atoms with Crippen LogP contribution in [-0.2, 0) is 14.4 Å². The molecular weight excluding hydrogens is 204 g/mol. The molecule has 7 heteroatoms. The standard InChI is InChI=1S/C8H14N2O5/c9-6(11)5-10(3-1-7(12)13)4-2-8(14)15/h1-5H2,(H2,9,11)(H,12,13)(H,14,15). The number of carbonyl (C=O) groups is 3. The maximum atomic E-state index is 10.6. The van der Waals surface area contributed by atoms with Gasteiger partial charge in [-0.3, -0.25) is 19.3 Å². The molecule has 0 radical (unpaired) electrons. The summed E-state index contributed by atoms with van der Waals surface area (Å²) in [5, 5.41) is 16.8. The summed E-state index contributed by atoms with van der Waals surface area (Å²) in [6.07, 6.45) is -0.292. The van der Waals surface area contributed by atoms with Gasteiger partial charge in [-0.15, -0.1) is 0 Å². The number of carbonyl (C=O) groups excluding carboxylic acids is 1. The molecule has 86 valence electrons. The van der Waals surface area contributed by atoms with Crippen molar-refractivity contribution in [1.29, 1.82) is 0 Å². The third kappa shape index (κ3) is 8.69. The van der Waals surface area contributed by atoms with Crippen molar-refractivity contribution >= 4 is 17.8 Å². The van der Waals surface area contributed by atoms with Crippen molar-refractivity contribution in [2.45, 2.75) is 12.8 Å². The summed E-state index contributed by atoms with van der Waals surface area (Å²) < 4.78 is 0. The van der Waals surface area contributed by atoms with Crippen molar-refractivity contribution < 1.29 is 24.6 Å². The minimum absolute atomic E-state index is 0.117. The number of hydrogen-bond acceptors (Lipinski definition) is 4. The summed E-state index contributed by atoms with van der Waals surface area (Å²) in [5.41, 5.74) is 4.93. The summed E-state index contributed by atoms with van der Waals surface area (Å²) in [4.78, 5) is 32.5. The van der Waals surface area contributed by atoms with Crippen molar-refractivity contribution in [3.05, 3.63) is 0 Å². The lowest BCUT2D eigenvalue weighted by molar-refractivity contribution is -0.138. The van der Waals surface area contributed by atoms with E-state index in [1.807, 2.05) is 0 Å². The molecule has 0 unspecified atom stereocenters. The second-order valence-electron chi connectivity index (χ2n) is 3.03. The van der Waals surface area contributed by atoms with Crippen molar-refractivity contribution in [3.63, 3.8) is 0 Å². The highest BCUT2D eigenvalue weighted by atomic mass is 16.4. The first-order valence-electron chi connectivity index (χ1n) is 4.36. The first kappa shape index (κ1) is 13.4. The molecule has 15 heavy (non-hydrogen) atoms. The number of nitrogens with zero attached hydrogens (tertiary/aromatic N) is 1. The second-order valence-corrected chi connectivity index (χ2v) is 3.03. The zero-order chi connectivity index (χ0) is 11.8. The molecule has 0 saturated heterocycles. The topological polar surface area (TPSA) is 121 Å². The van der Waals surface area contributed by atoms with Crippen molar-refractivity contribution in [2.24, 2.45) is 5.73 Å². The van der Waals surface area contributed by atoms with Gasteiger partial charge in [0.2, 0.25) is 5.91 Å². The molecule has 0 bridgehead atoms. The average Bonchev–Trinajstić information content (AvgIpc) is 2.08. The van der Waals surface area contributed by atoms with Crippen LogP contribution in [0.1, 0.15) is 12.8 Å². The van der Waals surface area contributed by atoms with Gasteiger partial charge < -0.3 is 15.9 Å². The average molecular weight is 218 g/mol. The van der Waals surface area contributed by atoms with Crippen LogP contribution in [0.15, 0.2) is 0 Å². The van der Waals surface area contributed by atoms with E-state index in [0.717, 1.165) is 0 Å². The van der Waals surface area contributed by atoms with Gasteiger partial charge in [-0.2, -0.15) is 0 Å². The van der Waals surface area contributed by atoms with E-state index < -0.39 is 17.8 Å². The highest BCUT2D eigenvalue weighted by molar-refractivity contribution is 5.76. The molecule has 0 aliphatic carbocycles. The number of rotatable bonds is 8. The maximum absolute atomic E-state index is 10.6. The molecule has 0 fully saturated rings. The molecule has 0 aromatic rings. The van der Waals surface area contributed by atoms with E-state index in [2.05, 4.69) is 0 Å². The molecule has 1 amide bonds. The van der Waals surface area contributed by atoms with Gasteiger partial charge in [0.15, 0.2) is 0 Å². The molecule has 0 spiro atoms. The lowest BCUT2D eigenvalue weighted by atomic mass is 10.3. The normalized spacial score (nSPS) is 10.2. The van der Waals surface area contributed by atoms with Crippen molar-refractivity contribution in [2.75, 3.05) is 19.6 Å². The third-order valence-electron chi connectivity index (χ3n) is 1.66. The number of carboxylic acid groups (broad SMARTS) is 2. The third-order valence-corrected chi connectivity index (χ3v) is 1.66. The Morgan fingerprint density at radius 3 is 1.67 bits per heavy atom. The molecule has 0 heterocycles. The first-order valence-corrected chi connectivity index (χ1v) is 4.36. The number of carboxylic acids is 2. The smallest absolute Gasteiger partial charge is 0.304 e. The van der Waals surface area contributed by atoms with E-state index in [1.165, 1.54) is 4.90 Å². The zero-order valence-electron chi connectivity index (χ0n) is 8.18. The van der Waals surface area contributed by atoms with Crippen LogP contribution in [0.5, 0.6) is 0 Å². The number of nitrogens with two attached hydrogens (primary N) is 1. The summed E-state index contributed by atoms with van der Waals surface area (Å²) in [6, 6.07) is 0. The molecular formula is C8H14N2O5. The van der Waals surface area contributed by atoms with Crippen LogP contribution in [0.3, 0.4) is 0 Å². The summed E-state index contributed by atoms with van der Waals surface area (Å²) >= 11 is 0. The Labute approximate surface area is 86.5 Å². The van der Waals surface area contributed by atoms with E-state index in [-0.39, 0.29) is 32.5 Å². The van der Waals surface area contributed by atoms with E-state index in [4.69, 9.17) is 15.9 Å². The fourth-order valence-corrected chi connectivity index (χ4v) is 0.998. The van der Waals surface area contributed by atoms with Gasteiger partial charge in [0.1, 0.15) is 0 Å². The fraction of sp³-hybridized carbons (Fsp3) is 0.625. The number of amides is 1. The maximum Gasteiger partial charge on any atom is 0.304 e. The van der Waals surface area contributed by atoms with Crippen LogP contribution < -0.4 is 5.73 Å². The van der Waals surface area contributed by atoms with E-state index in [1.54, 1.807) is 0 Å². The van der Waals surface area contributed by atoms with Gasteiger partial charge in [0, 0.05) is 13.1 Å². The Morgan fingerprint density at radius 2 is 1.40 bits per heavy atom. The number of hydrogen-bond donors (Lipinski definition) is 3. The van der Waals surface area contributed by atoms with Crippen LogP contribution in [0.25, 0.3) is 0 Å². The molecule has 0 aliphatic heterocycles. The van der Waals surface area contributed by atoms with Gasteiger partial charge in [-0.05, 0) is 0 Å². The molecule has 0 atom stereocenters. The molecule has 0 aromatic carbocycles. The number of primary amides is 1. The van der Waals surface area contributed by atoms with Gasteiger partial charge in [0.25, 0.3) is 0 Å². The van der Waals surface area contributed by atoms with Crippen LogP contribution in [0, 0.1) is 0 Å². The Kier molecular flexibility index (Phi) is 6.03. The highest BCUT2D eigenvalue weighted by Gasteiger charge is 2.11.